The summed E-state index contributed by atoms with van der Waals surface area (Å²) in [6, 6.07) is 17.1. The maximum Gasteiger partial charge on any atom is 0.0754 e. The second kappa shape index (κ2) is 6.83. The maximum atomic E-state index is 5.61. The second-order valence-corrected chi connectivity index (χ2v) is 5.58. The Hall–Kier alpha value is -1.71. The van der Waals surface area contributed by atoms with E-state index in [1.54, 1.807) is 0 Å². The molecule has 0 radical (unpaired) electrons. The summed E-state index contributed by atoms with van der Waals surface area (Å²) in [5.74, 6) is 0. The van der Waals surface area contributed by atoms with Crippen molar-refractivity contribution in [3.8, 4) is 0 Å². The van der Waals surface area contributed by atoms with Crippen LogP contribution in [-0.4, -0.2) is 24.2 Å². The first-order chi connectivity index (χ1) is 10.4. The first-order valence-corrected chi connectivity index (χ1v) is 7.63. The molecule has 21 heavy (non-hydrogen) atoms. The minimum Gasteiger partial charge on any atom is -0.380 e. The van der Waals surface area contributed by atoms with Crippen LogP contribution in [-0.2, 0) is 4.74 Å². The molecule has 2 aromatic rings. The fourth-order valence-corrected chi connectivity index (χ4v) is 3.16. The van der Waals surface area contributed by atoms with E-state index in [9.17, 15) is 0 Å². The molecule has 1 aromatic carbocycles. The predicted molar refractivity (Wildman–Crippen MR) is 84.1 cm³/mol. The predicted octanol–water partition coefficient (Wildman–Crippen LogP) is 3.33. The van der Waals surface area contributed by atoms with Gasteiger partial charge >= 0.3 is 0 Å². The highest BCUT2D eigenvalue weighted by Crippen LogP contribution is 2.27. The van der Waals surface area contributed by atoms with Gasteiger partial charge in [-0.1, -0.05) is 36.4 Å². The lowest BCUT2D eigenvalue weighted by Crippen LogP contribution is -2.39. The molecule has 3 atom stereocenters. The molecule has 3 heteroatoms. The number of methoxy groups -OCH3 is 1. The quantitative estimate of drug-likeness (QED) is 0.913. The van der Waals surface area contributed by atoms with Crippen molar-refractivity contribution in [2.75, 3.05) is 7.11 Å². The number of pyridine rings is 1. The van der Waals surface area contributed by atoms with Crippen LogP contribution in [0.5, 0.6) is 0 Å². The maximum absolute atomic E-state index is 5.61. The molecule has 3 nitrogen and oxygen atoms in total. The number of rotatable bonds is 5. The average Bonchev–Trinajstić information content (AvgIpc) is 3.01. The molecule has 0 amide bonds. The summed E-state index contributed by atoms with van der Waals surface area (Å²) in [5, 5.41) is 3.76. The molecule has 0 saturated heterocycles. The van der Waals surface area contributed by atoms with Crippen LogP contribution in [0, 0.1) is 0 Å². The van der Waals surface area contributed by atoms with Crippen LogP contribution in [0.3, 0.4) is 0 Å². The van der Waals surface area contributed by atoms with Crippen molar-refractivity contribution in [3.63, 3.8) is 0 Å². The molecular formula is C18H22N2O. The molecule has 1 aromatic heterocycles. The molecule has 1 N–H and O–H groups in total. The van der Waals surface area contributed by atoms with Gasteiger partial charge in [0.05, 0.1) is 17.8 Å². The molecule has 0 aliphatic heterocycles. The lowest BCUT2D eigenvalue weighted by atomic mass is 10.0. The van der Waals surface area contributed by atoms with Gasteiger partial charge in [0.2, 0.25) is 0 Å². The van der Waals surface area contributed by atoms with Gasteiger partial charge in [0.1, 0.15) is 0 Å². The minimum atomic E-state index is 0.119. The van der Waals surface area contributed by atoms with E-state index >= 15 is 0 Å². The van der Waals surface area contributed by atoms with Gasteiger partial charge in [-0.3, -0.25) is 10.3 Å². The Balaban J connectivity index is 1.86. The SMILES string of the molecule is COC1CCCC1NC(c1ccccc1)c1ccccn1. The van der Waals surface area contributed by atoms with Gasteiger partial charge < -0.3 is 4.74 Å². The van der Waals surface area contributed by atoms with E-state index in [1.807, 2.05) is 31.5 Å². The molecule has 0 spiro atoms. The molecule has 1 fully saturated rings. The fraction of sp³-hybridized carbons (Fsp3) is 0.389. The van der Waals surface area contributed by atoms with Crippen LogP contribution in [0.4, 0.5) is 0 Å². The van der Waals surface area contributed by atoms with Crippen molar-refractivity contribution in [3.05, 3.63) is 66.0 Å². The molecule has 1 heterocycles. The molecule has 0 bridgehead atoms. The Bertz CT molecular complexity index is 504. The van der Waals surface area contributed by atoms with E-state index in [2.05, 4.69) is 40.6 Å². The lowest BCUT2D eigenvalue weighted by Gasteiger charge is -2.26. The van der Waals surface area contributed by atoms with Crippen molar-refractivity contribution in [1.29, 1.82) is 0 Å². The minimum absolute atomic E-state index is 0.119. The number of hydrogen-bond acceptors (Lipinski definition) is 3. The first-order valence-electron chi connectivity index (χ1n) is 7.63. The smallest absolute Gasteiger partial charge is 0.0754 e. The topological polar surface area (TPSA) is 34.1 Å². The Morgan fingerprint density at radius 2 is 1.90 bits per heavy atom. The highest BCUT2D eigenvalue weighted by molar-refractivity contribution is 5.27. The number of aromatic nitrogens is 1. The van der Waals surface area contributed by atoms with Gasteiger partial charge in [0.15, 0.2) is 0 Å². The number of ether oxygens (including phenoxy) is 1. The number of benzene rings is 1. The van der Waals surface area contributed by atoms with E-state index < -0.39 is 0 Å². The largest absolute Gasteiger partial charge is 0.380 e. The van der Waals surface area contributed by atoms with Crippen LogP contribution in [0.1, 0.15) is 36.6 Å². The van der Waals surface area contributed by atoms with E-state index in [-0.39, 0.29) is 6.04 Å². The molecule has 3 rings (SSSR count). The third-order valence-electron chi connectivity index (χ3n) is 4.25. The van der Waals surface area contributed by atoms with Crippen LogP contribution in [0.25, 0.3) is 0 Å². The molecule has 3 unspecified atom stereocenters. The van der Waals surface area contributed by atoms with Gasteiger partial charge in [-0.05, 0) is 37.0 Å². The van der Waals surface area contributed by atoms with Crippen molar-refractivity contribution < 1.29 is 4.74 Å². The lowest BCUT2D eigenvalue weighted by molar-refractivity contribution is 0.0826. The third kappa shape index (κ3) is 3.31. The molecular weight excluding hydrogens is 260 g/mol. The van der Waals surface area contributed by atoms with Gasteiger partial charge in [-0.15, -0.1) is 0 Å². The van der Waals surface area contributed by atoms with Gasteiger partial charge in [0, 0.05) is 19.3 Å². The fourth-order valence-electron chi connectivity index (χ4n) is 3.16. The Morgan fingerprint density at radius 3 is 2.62 bits per heavy atom. The highest BCUT2D eigenvalue weighted by atomic mass is 16.5. The summed E-state index contributed by atoms with van der Waals surface area (Å²) in [6.45, 7) is 0. The Kier molecular flexibility index (Phi) is 4.63. The Labute approximate surface area is 126 Å². The average molecular weight is 282 g/mol. The molecule has 1 saturated carbocycles. The van der Waals surface area contributed by atoms with Crippen molar-refractivity contribution in [2.24, 2.45) is 0 Å². The molecule has 1 aliphatic rings. The van der Waals surface area contributed by atoms with Crippen molar-refractivity contribution >= 4 is 0 Å². The summed E-state index contributed by atoms with van der Waals surface area (Å²) in [7, 11) is 1.81. The van der Waals surface area contributed by atoms with Gasteiger partial charge in [0.25, 0.3) is 0 Å². The third-order valence-corrected chi connectivity index (χ3v) is 4.25. The summed E-state index contributed by atoms with van der Waals surface area (Å²) >= 11 is 0. The summed E-state index contributed by atoms with van der Waals surface area (Å²) < 4.78 is 5.61. The van der Waals surface area contributed by atoms with Crippen LogP contribution in [0.15, 0.2) is 54.7 Å². The second-order valence-electron chi connectivity index (χ2n) is 5.58. The molecule has 110 valence electrons. The van der Waals surface area contributed by atoms with E-state index in [0.29, 0.717) is 12.1 Å². The van der Waals surface area contributed by atoms with E-state index in [0.717, 1.165) is 18.5 Å². The standard InChI is InChI=1S/C18H22N2O/c1-21-17-12-7-11-15(17)20-18(14-8-3-2-4-9-14)16-10-5-6-13-19-16/h2-6,8-10,13,15,17-18,20H,7,11-12H2,1H3. The van der Waals surface area contributed by atoms with Crippen LogP contribution >= 0.6 is 0 Å². The molecule has 1 aliphatic carbocycles. The number of nitrogens with one attached hydrogen (secondary N) is 1. The highest BCUT2D eigenvalue weighted by Gasteiger charge is 2.30. The summed E-state index contributed by atoms with van der Waals surface area (Å²) in [4.78, 5) is 4.55. The van der Waals surface area contributed by atoms with E-state index in [4.69, 9.17) is 4.74 Å². The number of nitrogens with zero attached hydrogens (tertiary/aromatic N) is 1. The van der Waals surface area contributed by atoms with E-state index in [1.165, 1.54) is 12.0 Å². The zero-order valence-corrected chi connectivity index (χ0v) is 12.4. The van der Waals surface area contributed by atoms with Crippen LogP contribution < -0.4 is 5.32 Å². The van der Waals surface area contributed by atoms with Gasteiger partial charge in [-0.25, -0.2) is 0 Å². The van der Waals surface area contributed by atoms with Gasteiger partial charge in [-0.2, -0.15) is 0 Å². The number of hydrogen-bond donors (Lipinski definition) is 1. The summed E-state index contributed by atoms with van der Waals surface area (Å²) in [6.07, 6.45) is 5.68. The normalized spacial score (nSPS) is 23.1. The monoisotopic (exact) mass is 282 g/mol. The van der Waals surface area contributed by atoms with Crippen LogP contribution in [0.2, 0.25) is 0 Å². The zero-order valence-electron chi connectivity index (χ0n) is 12.4. The zero-order chi connectivity index (χ0) is 14.5. The first kappa shape index (κ1) is 14.2. The van der Waals surface area contributed by atoms with Crippen molar-refractivity contribution in [1.82, 2.24) is 10.3 Å². The summed E-state index contributed by atoms with van der Waals surface area (Å²) in [5.41, 5.74) is 2.31. The van der Waals surface area contributed by atoms with Crippen molar-refractivity contribution in [2.45, 2.75) is 37.5 Å². The Morgan fingerprint density at radius 1 is 1.10 bits per heavy atom.